The lowest BCUT2D eigenvalue weighted by Crippen LogP contribution is -2.35. The fourth-order valence-electron chi connectivity index (χ4n) is 2.36. The molecule has 0 aliphatic carbocycles. The molecule has 0 aromatic heterocycles. The summed E-state index contributed by atoms with van der Waals surface area (Å²) in [6, 6.07) is 6.97. The molecule has 2 amide bonds. The van der Waals surface area contributed by atoms with E-state index < -0.39 is 6.04 Å². The molecule has 1 aromatic carbocycles. The van der Waals surface area contributed by atoms with Crippen molar-refractivity contribution in [2.24, 2.45) is 0 Å². The average molecular weight is 290 g/mol. The minimum absolute atomic E-state index is 0.0980. The zero-order valence-corrected chi connectivity index (χ0v) is 12.8. The van der Waals surface area contributed by atoms with Crippen LogP contribution in [0, 0.1) is 0 Å². The van der Waals surface area contributed by atoms with Crippen LogP contribution in [-0.4, -0.2) is 35.4 Å². The smallest absolute Gasteiger partial charge is 0.252 e. The first-order valence-corrected chi connectivity index (χ1v) is 7.38. The standard InChI is InChI=1S/C16H22N2O3/c1-4-9-18-15(19)10-14(16(18)20)17-12-5-7-13(8-6-12)21-11(2)3/h5-8,11,14,17H,4,9-10H2,1-3H3. The van der Waals surface area contributed by atoms with E-state index in [1.165, 1.54) is 4.90 Å². The molecule has 1 aliphatic heterocycles. The van der Waals surface area contributed by atoms with Crippen molar-refractivity contribution in [3.05, 3.63) is 24.3 Å². The second-order valence-corrected chi connectivity index (χ2v) is 5.48. The Hall–Kier alpha value is -2.04. The molecule has 1 atom stereocenters. The van der Waals surface area contributed by atoms with Crippen molar-refractivity contribution < 1.29 is 14.3 Å². The zero-order chi connectivity index (χ0) is 15.4. The number of nitrogens with zero attached hydrogens (tertiary/aromatic N) is 1. The van der Waals surface area contributed by atoms with Crippen molar-refractivity contribution in [1.82, 2.24) is 4.90 Å². The van der Waals surface area contributed by atoms with Gasteiger partial charge < -0.3 is 10.1 Å². The van der Waals surface area contributed by atoms with Gasteiger partial charge in [0.2, 0.25) is 5.91 Å². The third kappa shape index (κ3) is 3.74. The molecule has 0 radical (unpaired) electrons. The quantitative estimate of drug-likeness (QED) is 0.817. The van der Waals surface area contributed by atoms with Gasteiger partial charge in [-0.25, -0.2) is 0 Å². The second-order valence-electron chi connectivity index (χ2n) is 5.48. The maximum absolute atomic E-state index is 12.1. The molecular formula is C16H22N2O3. The lowest BCUT2D eigenvalue weighted by molar-refractivity contribution is -0.138. The average Bonchev–Trinajstić information content (AvgIpc) is 2.69. The molecule has 114 valence electrons. The van der Waals surface area contributed by atoms with Crippen molar-refractivity contribution in [3.63, 3.8) is 0 Å². The molecule has 2 rings (SSSR count). The minimum Gasteiger partial charge on any atom is -0.491 e. The highest BCUT2D eigenvalue weighted by Gasteiger charge is 2.37. The Bertz CT molecular complexity index is 511. The molecule has 1 heterocycles. The fourth-order valence-corrected chi connectivity index (χ4v) is 2.36. The third-order valence-corrected chi connectivity index (χ3v) is 3.26. The summed E-state index contributed by atoms with van der Waals surface area (Å²) in [5.41, 5.74) is 0.815. The zero-order valence-electron chi connectivity index (χ0n) is 12.8. The lowest BCUT2D eigenvalue weighted by atomic mass is 10.2. The van der Waals surface area contributed by atoms with Crippen LogP contribution in [0.2, 0.25) is 0 Å². The second kappa shape index (κ2) is 6.61. The van der Waals surface area contributed by atoms with Crippen molar-refractivity contribution in [2.45, 2.75) is 45.8 Å². The summed E-state index contributed by atoms with van der Waals surface area (Å²) in [6.45, 7) is 6.39. The van der Waals surface area contributed by atoms with Gasteiger partial charge in [0.05, 0.1) is 12.5 Å². The number of hydrogen-bond acceptors (Lipinski definition) is 4. The van der Waals surface area contributed by atoms with E-state index in [4.69, 9.17) is 4.74 Å². The van der Waals surface area contributed by atoms with E-state index in [2.05, 4.69) is 5.32 Å². The molecule has 0 spiro atoms. The molecule has 1 unspecified atom stereocenters. The van der Waals surface area contributed by atoms with E-state index in [0.717, 1.165) is 17.9 Å². The molecule has 5 heteroatoms. The molecule has 1 saturated heterocycles. The first kappa shape index (κ1) is 15.4. The number of benzene rings is 1. The normalized spacial score (nSPS) is 18.5. The van der Waals surface area contributed by atoms with Crippen LogP contribution < -0.4 is 10.1 Å². The highest BCUT2D eigenvalue weighted by Crippen LogP contribution is 2.21. The molecular weight excluding hydrogens is 268 g/mol. The van der Waals surface area contributed by atoms with E-state index in [0.29, 0.717) is 6.54 Å². The number of carbonyl (C=O) groups is 2. The number of imide groups is 1. The Morgan fingerprint density at radius 2 is 1.95 bits per heavy atom. The van der Waals surface area contributed by atoms with Gasteiger partial charge in [0, 0.05) is 12.2 Å². The Morgan fingerprint density at radius 1 is 1.29 bits per heavy atom. The van der Waals surface area contributed by atoms with Crippen LogP contribution in [0.4, 0.5) is 5.69 Å². The van der Waals surface area contributed by atoms with Crippen molar-refractivity contribution in [2.75, 3.05) is 11.9 Å². The number of amides is 2. The monoisotopic (exact) mass is 290 g/mol. The largest absolute Gasteiger partial charge is 0.491 e. The molecule has 1 N–H and O–H groups in total. The first-order valence-electron chi connectivity index (χ1n) is 7.38. The van der Waals surface area contributed by atoms with Gasteiger partial charge in [-0.15, -0.1) is 0 Å². The van der Waals surface area contributed by atoms with Crippen molar-refractivity contribution in [3.8, 4) is 5.75 Å². The lowest BCUT2D eigenvalue weighted by Gasteiger charge is -2.15. The topological polar surface area (TPSA) is 58.6 Å². The van der Waals surface area contributed by atoms with Gasteiger partial charge in [0.25, 0.3) is 5.91 Å². The first-order chi connectivity index (χ1) is 10.0. The summed E-state index contributed by atoms with van der Waals surface area (Å²) >= 11 is 0. The predicted octanol–water partition coefficient (Wildman–Crippen LogP) is 2.42. The maximum atomic E-state index is 12.1. The van der Waals surface area contributed by atoms with Gasteiger partial charge in [-0.2, -0.15) is 0 Å². The van der Waals surface area contributed by atoms with Crippen molar-refractivity contribution >= 4 is 17.5 Å². The third-order valence-electron chi connectivity index (χ3n) is 3.26. The molecule has 5 nitrogen and oxygen atoms in total. The number of carbonyl (C=O) groups excluding carboxylic acids is 2. The molecule has 1 aromatic rings. The van der Waals surface area contributed by atoms with Crippen LogP contribution in [0.3, 0.4) is 0 Å². The van der Waals surface area contributed by atoms with E-state index in [9.17, 15) is 9.59 Å². The summed E-state index contributed by atoms with van der Waals surface area (Å²) in [4.78, 5) is 25.3. The van der Waals surface area contributed by atoms with Crippen LogP contribution in [0.15, 0.2) is 24.3 Å². The number of hydrogen-bond donors (Lipinski definition) is 1. The SMILES string of the molecule is CCCN1C(=O)CC(Nc2ccc(OC(C)C)cc2)C1=O. The van der Waals surface area contributed by atoms with Gasteiger partial charge in [0.15, 0.2) is 0 Å². The molecule has 21 heavy (non-hydrogen) atoms. The molecule has 1 aliphatic rings. The van der Waals surface area contributed by atoms with E-state index >= 15 is 0 Å². The minimum atomic E-state index is -0.457. The molecule has 0 saturated carbocycles. The van der Waals surface area contributed by atoms with Crippen molar-refractivity contribution in [1.29, 1.82) is 0 Å². The van der Waals surface area contributed by atoms with Crippen LogP contribution >= 0.6 is 0 Å². The maximum Gasteiger partial charge on any atom is 0.252 e. The number of anilines is 1. The predicted molar refractivity (Wildman–Crippen MR) is 81.2 cm³/mol. The van der Waals surface area contributed by atoms with Gasteiger partial charge in [0.1, 0.15) is 11.8 Å². The van der Waals surface area contributed by atoms with Gasteiger partial charge in [-0.3, -0.25) is 14.5 Å². The number of ether oxygens (including phenoxy) is 1. The molecule has 0 bridgehead atoms. The number of likely N-dealkylation sites (tertiary alicyclic amines) is 1. The molecule has 1 fully saturated rings. The summed E-state index contributed by atoms with van der Waals surface area (Å²) < 4.78 is 5.57. The number of rotatable bonds is 6. The Labute approximate surface area is 125 Å². The Balaban J connectivity index is 1.99. The van der Waals surface area contributed by atoms with E-state index in [1.54, 1.807) is 0 Å². The van der Waals surface area contributed by atoms with Gasteiger partial charge in [-0.05, 0) is 44.5 Å². The van der Waals surface area contributed by atoms with E-state index in [1.807, 2.05) is 45.0 Å². The summed E-state index contributed by atoms with van der Waals surface area (Å²) in [6.07, 6.45) is 1.13. The fraction of sp³-hybridized carbons (Fsp3) is 0.500. The summed E-state index contributed by atoms with van der Waals surface area (Å²) in [5.74, 6) is 0.556. The highest BCUT2D eigenvalue weighted by molar-refractivity contribution is 6.06. The van der Waals surface area contributed by atoms with Crippen LogP contribution in [0.1, 0.15) is 33.6 Å². The Kier molecular flexibility index (Phi) is 4.83. The van der Waals surface area contributed by atoms with E-state index in [-0.39, 0.29) is 24.3 Å². The summed E-state index contributed by atoms with van der Waals surface area (Å²) in [7, 11) is 0. The van der Waals surface area contributed by atoms with Gasteiger partial charge in [-0.1, -0.05) is 6.92 Å². The van der Waals surface area contributed by atoms with Gasteiger partial charge >= 0.3 is 0 Å². The highest BCUT2D eigenvalue weighted by atomic mass is 16.5. The van der Waals surface area contributed by atoms with Crippen LogP contribution in [0.25, 0.3) is 0 Å². The van der Waals surface area contributed by atoms with Crippen LogP contribution in [0.5, 0.6) is 5.75 Å². The Morgan fingerprint density at radius 3 is 2.52 bits per heavy atom. The van der Waals surface area contributed by atoms with Crippen LogP contribution in [-0.2, 0) is 9.59 Å². The number of nitrogens with one attached hydrogen (secondary N) is 1. The summed E-state index contributed by atoms with van der Waals surface area (Å²) in [5, 5.41) is 3.12.